The molecule has 1 heterocycles. The Kier molecular flexibility index (Phi) is 3.11. The maximum atomic E-state index is 14.2. The maximum absolute atomic E-state index is 14.2. The maximum Gasteiger partial charge on any atom is 0.189 e. The summed E-state index contributed by atoms with van der Waals surface area (Å²) in [5.41, 5.74) is 2.69. The second-order valence-electron chi connectivity index (χ2n) is 4.76. The Morgan fingerprint density at radius 1 is 1.10 bits per heavy atom. The van der Waals surface area contributed by atoms with Crippen LogP contribution in [0.3, 0.4) is 0 Å². The molecule has 0 aliphatic rings. The molecule has 0 bridgehead atoms. The molecule has 0 aliphatic carbocycles. The first kappa shape index (κ1) is 12.6. The Morgan fingerprint density at radius 3 is 2.55 bits per heavy atom. The molecule has 3 heteroatoms. The topological polar surface area (TPSA) is 32.9 Å². The molecular formula is C17H14FNO. The third-order valence-corrected chi connectivity index (χ3v) is 3.44. The number of pyridine rings is 1. The minimum atomic E-state index is -0.376. The van der Waals surface area contributed by atoms with Gasteiger partial charge in [0.1, 0.15) is 5.82 Å². The van der Waals surface area contributed by atoms with Crippen LogP contribution in [0.1, 0.15) is 12.6 Å². The summed E-state index contributed by atoms with van der Waals surface area (Å²) in [4.78, 5) is 15.2. The van der Waals surface area contributed by atoms with Gasteiger partial charge in [-0.1, -0.05) is 37.3 Å². The number of aryl methyl sites for hydroxylation is 1. The summed E-state index contributed by atoms with van der Waals surface area (Å²) in [6, 6.07) is 13.9. The van der Waals surface area contributed by atoms with Gasteiger partial charge in [-0.05, 0) is 24.1 Å². The zero-order chi connectivity index (χ0) is 14.1. The van der Waals surface area contributed by atoms with E-state index < -0.39 is 0 Å². The second kappa shape index (κ2) is 4.93. The molecule has 3 aromatic rings. The molecule has 0 fully saturated rings. The van der Waals surface area contributed by atoms with E-state index in [1.54, 1.807) is 6.07 Å². The average molecular weight is 267 g/mol. The van der Waals surface area contributed by atoms with Crippen LogP contribution in [0.2, 0.25) is 0 Å². The average Bonchev–Trinajstić information content (AvgIpc) is 2.48. The molecule has 1 aromatic heterocycles. The number of H-pyrrole nitrogens is 1. The van der Waals surface area contributed by atoms with Crippen LogP contribution in [0.5, 0.6) is 0 Å². The predicted molar refractivity (Wildman–Crippen MR) is 79.3 cm³/mol. The van der Waals surface area contributed by atoms with Crippen molar-refractivity contribution in [3.05, 3.63) is 70.3 Å². The summed E-state index contributed by atoms with van der Waals surface area (Å²) in [5.74, 6) is -0.376. The molecule has 1 N–H and O–H groups in total. The summed E-state index contributed by atoms with van der Waals surface area (Å²) in [6.07, 6.45) is 0.739. The normalized spacial score (nSPS) is 10.9. The molecule has 0 saturated carbocycles. The van der Waals surface area contributed by atoms with E-state index >= 15 is 0 Å². The van der Waals surface area contributed by atoms with Gasteiger partial charge in [0.2, 0.25) is 0 Å². The van der Waals surface area contributed by atoms with Crippen molar-refractivity contribution < 1.29 is 4.39 Å². The molecule has 100 valence electrons. The second-order valence-corrected chi connectivity index (χ2v) is 4.76. The van der Waals surface area contributed by atoms with Gasteiger partial charge >= 0.3 is 0 Å². The molecule has 0 radical (unpaired) electrons. The van der Waals surface area contributed by atoms with Crippen molar-refractivity contribution >= 4 is 10.9 Å². The van der Waals surface area contributed by atoms with E-state index in [1.165, 1.54) is 12.1 Å². The molecule has 0 atom stereocenters. The fraction of sp³-hybridized carbons (Fsp3) is 0.118. The quantitative estimate of drug-likeness (QED) is 0.750. The number of rotatable bonds is 2. The van der Waals surface area contributed by atoms with Crippen molar-refractivity contribution in [1.29, 1.82) is 0 Å². The van der Waals surface area contributed by atoms with Crippen LogP contribution in [0, 0.1) is 5.82 Å². The molecule has 3 rings (SSSR count). The van der Waals surface area contributed by atoms with E-state index in [9.17, 15) is 9.18 Å². The number of aromatic amines is 1. The van der Waals surface area contributed by atoms with Gasteiger partial charge in [0.15, 0.2) is 5.43 Å². The van der Waals surface area contributed by atoms with Crippen molar-refractivity contribution in [2.45, 2.75) is 13.3 Å². The number of hydrogen-bond donors (Lipinski definition) is 1. The number of hydrogen-bond acceptors (Lipinski definition) is 1. The summed E-state index contributed by atoms with van der Waals surface area (Å²) in [6.45, 7) is 1.97. The number of nitrogens with one attached hydrogen (secondary N) is 1. The number of fused-ring (bicyclic) bond motifs is 1. The van der Waals surface area contributed by atoms with Crippen LogP contribution in [0.15, 0.2) is 53.3 Å². The fourth-order valence-electron chi connectivity index (χ4n) is 2.35. The smallest absolute Gasteiger partial charge is 0.189 e. The first-order chi connectivity index (χ1) is 9.69. The van der Waals surface area contributed by atoms with E-state index in [1.807, 2.05) is 37.3 Å². The summed E-state index contributed by atoms with van der Waals surface area (Å²) in [5, 5.41) is 0.388. The molecule has 0 aliphatic heterocycles. The molecule has 2 nitrogen and oxygen atoms in total. The van der Waals surface area contributed by atoms with E-state index in [4.69, 9.17) is 0 Å². The molecular weight excluding hydrogens is 253 g/mol. The lowest BCUT2D eigenvalue weighted by atomic mass is 10.0. The van der Waals surface area contributed by atoms with Crippen molar-refractivity contribution in [1.82, 2.24) is 4.98 Å². The Morgan fingerprint density at radius 2 is 1.85 bits per heavy atom. The van der Waals surface area contributed by atoms with Crippen LogP contribution in [0.25, 0.3) is 22.0 Å². The number of aromatic nitrogens is 1. The fourth-order valence-corrected chi connectivity index (χ4v) is 2.35. The van der Waals surface area contributed by atoms with Gasteiger partial charge in [0.25, 0.3) is 0 Å². The van der Waals surface area contributed by atoms with Crippen LogP contribution in [-0.2, 0) is 6.42 Å². The molecule has 20 heavy (non-hydrogen) atoms. The molecule has 2 aromatic carbocycles. The van der Waals surface area contributed by atoms with Crippen LogP contribution < -0.4 is 5.43 Å². The monoisotopic (exact) mass is 267 g/mol. The standard InChI is InChI=1S/C17H14FNO/c1-2-12-8-17(20)14-9-15(18)13(10-16(14)19-12)11-6-4-3-5-7-11/h3-10H,2H2,1H3,(H,19,20). The highest BCUT2D eigenvalue weighted by Crippen LogP contribution is 2.25. The summed E-state index contributed by atoms with van der Waals surface area (Å²) >= 11 is 0. The lowest BCUT2D eigenvalue weighted by molar-refractivity contribution is 0.633. The SMILES string of the molecule is CCc1cc(=O)c2cc(F)c(-c3ccccc3)cc2[nH]1. The molecule has 0 spiro atoms. The molecule has 0 unspecified atom stereocenters. The zero-order valence-corrected chi connectivity index (χ0v) is 11.1. The third-order valence-electron chi connectivity index (χ3n) is 3.44. The highest BCUT2D eigenvalue weighted by atomic mass is 19.1. The van der Waals surface area contributed by atoms with Gasteiger partial charge < -0.3 is 4.98 Å². The minimum absolute atomic E-state index is 0.144. The Labute approximate surface area is 115 Å². The van der Waals surface area contributed by atoms with Gasteiger partial charge in [-0.3, -0.25) is 4.79 Å². The summed E-state index contributed by atoms with van der Waals surface area (Å²) in [7, 11) is 0. The van der Waals surface area contributed by atoms with Crippen molar-refractivity contribution in [3.63, 3.8) is 0 Å². The molecule has 0 saturated heterocycles. The Hall–Kier alpha value is -2.42. The van der Waals surface area contributed by atoms with Crippen molar-refractivity contribution in [2.75, 3.05) is 0 Å². The Bertz CT molecular complexity index is 822. The first-order valence-corrected chi connectivity index (χ1v) is 6.60. The third kappa shape index (κ3) is 2.11. The van der Waals surface area contributed by atoms with E-state index in [0.717, 1.165) is 17.7 Å². The van der Waals surface area contributed by atoms with Crippen LogP contribution in [0.4, 0.5) is 4.39 Å². The minimum Gasteiger partial charge on any atom is -0.358 e. The van der Waals surface area contributed by atoms with Gasteiger partial charge in [0, 0.05) is 22.7 Å². The van der Waals surface area contributed by atoms with Gasteiger partial charge in [-0.15, -0.1) is 0 Å². The summed E-state index contributed by atoms with van der Waals surface area (Å²) < 4.78 is 14.2. The Balaban J connectivity index is 2.30. The zero-order valence-electron chi connectivity index (χ0n) is 11.1. The van der Waals surface area contributed by atoms with E-state index in [2.05, 4.69) is 4.98 Å². The van der Waals surface area contributed by atoms with Gasteiger partial charge in [-0.25, -0.2) is 4.39 Å². The highest BCUT2D eigenvalue weighted by molar-refractivity contribution is 5.84. The first-order valence-electron chi connectivity index (χ1n) is 6.60. The largest absolute Gasteiger partial charge is 0.358 e. The predicted octanol–water partition coefficient (Wildman–Crippen LogP) is 3.90. The van der Waals surface area contributed by atoms with Crippen molar-refractivity contribution in [3.8, 4) is 11.1 Å². The lowest BCUT2D eigenvalue weighted by Gasteiger charge is -2.07. The number of benzene rings is 2. The van der Waals surface area contributed by atoms with Crippen LogP contribution >= 0.6 is 0 Å². The van der Waals surface area contributed by atoms with Gasteiger partial charge in [0.05, 0.1) is 5.52 Å². The highest BCUT2D eigenvalue weighted by Gasteiger charge is 2.09. The lowest BCUT2D eigenvalue weighted by Crippen LogP contribution is -2.05. The molecule has 0 amide bonds. The van der Waals surface area contributed by atoms with E-state index in [-0.39, 0.29) is 11.2 Å². The van der Waals surface area contributed by atoms with Crippen LogP contribution in [-0.4, -0.2) is 4.98 Å². The van der Waals surface area contributed by atoms with E-state index in [0.29, 0.717) is 16.5 Å². The van der Waals surface area contributed by atoms with Gasteiger partial charge in [-0.2, -0.15) is 0 Å². The van der Waals surface area contributed by atoms with Crippen molar-refractivity contribution in [2.24, 2.45) is 0 Å². The number of halogens is 1.